The first-order valence-electron chi connectivity index (χ1n) is 13.7. The molecule has 216 valence electrons. The number of carbonyl (C=O) groups excluding carboxylic acids is 2. The molecule has 0 amide bonds. The molecular formula is C31H44F2N2O4. The highest BCUT2D eigenvalue weighted by molar-refractivity contribution is 5.83. The van der Waals surface area contributed by atoms with Gasteiger partial charge < -0.3 is 20.9 Å². The van der Waals surface area contributed by atoms with Gasteiger partial charge in [0.15, 0.2) is 5.78 Å². The van der Waals surface area contributed by atoms with Crippen molar-refractivity contribution in [2.45, 2.75) is 97.1 Å². The second kappa shape index (κ2) is 15.9. The van der Waals surface area contributed by atoms with E-state index in [0.29, 0.717) is 25.9 Å². The predicted molar refractivity (Wildman–Crippen MR) is 149 cm³/mol. The maximum Gasteiger partial charge on any atom is 0.162 e. The number of benzene rings is 2. The first-order valence-corrected chi connectivity index (χ1v) is 13.7. The van der Waals surface area contributed by atoms with E-state index in [2.05, 4.69) is 5.32 Å². The van der Waals surface area contributed by atoms with Gasteiger partial charge in [0.1, 0.15) is 23.5 Å². The number of aliphatic hydroxyl groups is 1. The fraction of sp³-hybridized carbons (Fsp3) is 0.548. The van der Waals surface area contributed by atoms with Crippen molar-refractivity contribution in [3.8, 4) is 0 Å². The van der Waals surface area contributed by atoms with E-state index in [9.17, 15) is 23.5 Å². The third-order valence-corrected chi connectivity index (χ3v) is 6.80. The molecule has 0 radical (unpaired) electrons. The lowest BCUT2D eigenvalue weighted by Crippen LogP contribution is -2.44. The van der Waals surface area contributed by atoms with Gasteiger partial charge in [-0.3, -0.25) is 9.59 Å². The van der Waals surface area contributed by atoms with Gasteiger partial charge in [0.05, 0.1) is 19.3 Å². The minimum absolute atomic E-state index is 0.0157. The Hall–Kier alpha value is -2.52. The molecule has 0 spiro atoms. The Bertz CT molecular complexity index is 1050. The molecule has 0 bridgehead atoms. The molecule has 39 heavy (non-hydrogen) atoms. The Labute approximate surface area is 231 Å². The van der Waals surface area contributed by atoms with Crippen molar-refractivity contribution in [2.75, 3.05) is 6.61 Å². The summed E-state index contributed by atoms with van der Waals surface area (Å²) in [6.07, 6.45) is 0.589. The SMILES string of the molecule is CC(C)NC(CC(=O)CCC(C)(C)CCC(=O)C(O)C(N)COCc1ccccc1)Cc1cc(F)ccc1F. The smallest absolute Gasteiger partial charge is 0.162 e. The molecule has 4 N–H and O–H groups in total. The van der Waals surface area contributed by atoms with Gasteiger partial charge in [-0.05, 0) is 54.0 Å². The molecule has 2 rings (SSSR count). The van der Waals surface area contributed by atoms with Gasteiger partial charge in [0, 0.05) is 31.3 Å². The average Bonchev–Trinajstić information content (AvgIpc) is 2.88. The zero-order valence-corrected chi connectivity index (χ0v) is 23.6. The third kappa shape index (κ3) is 12.5. The Kier molecular flexibility index (Phi) is 13.3. The second-order valence-electron chi connectivity index (χ2n) is 11.4. The molecule has 3 unspecified atom stereocenters. The largest absolute Gasteiger partial charge is 0.384 e. The van der Waals surface area contributed by atoms with E-state index in [0.717, 1.165) is 17.7 Å². The van der Waals surface area contributed by atoms with E-state index in [4.69, 9.17) is 10.5 Å². The van der Waals surface area contributed by atoms with Gasteiger partial charge in [-0.1, -0.05) is 58.0 Å². The highest BCUT2D eigenvalue weighted by Gasteiger charge is 2.27. The van der Waals surface area contributed by atoms with Crippen LogP contribution in [0.4, 0.5) is 8.78 Å². The highest BCUT2D eigenvalue weighted by atomic mass is 19.1. The highest BCUT2D eigenvalue weighted by Crippen LogP contribution is 2.29. The molecule has 0 saturated heterocycles. The van der Waals surface area contributed by atoms with Gasteiger partial charge in [0.25, 0.3) is 0 Å². The summed E-state index contributed by atoms with van der Waals surface area (Å²) in [6, 6.07) is 11.8. The number of nitrogens with one attached hydrogen (secondary N) is 1. The van der Waals surface area contributed by atoms with Crippen LogP contribution in [0.2, 0.25) is 0 Å². The van der Waals surface area contributed by atoms with Crippen LogP contribution in [0.25, 0.3) is 0 Å². The molecule has 2 aromatic carbocycles. The Morgan fingerprint density at radius 2 is 1.72 bits per heavy atom. The molecule has 8 heteroatoms. The molecule has 0 aliphatic rings. The van der Waals surface area contributed by atoms with E-state index in [1.807, 2.05) is 58.0 Å². The van der Waals surface area contributed by atoms with Crippen LogP contribution in [0.15, 0.2) is 48.5 Å². The predicted octanol–water partition coefficient (Wildman–Crippen LogP) is 4.89. The van der Waals surface area contributed by atoms with Crippen molar-refractivity contribution in [3.05, 3.63) is 71.3 Å². The lowest BCUT2D eigenvalue weighted by atomic mass is 9.81. The fourth-order valence-electron chi connectivity index (χ4n) is 4.43. The molecule has 2 aromatic rings. The van der Waals surface area contributed by atoms with Crippen LogP contribution in [-0.4, -0.2) is 47.5 Å². The van der Waals surface area contributed by atoms with E-state index in [1.165, 1.54) is 6.07 Å². The Morgan fingerprint density at radius 1 is 1.05 bits per heavy atom. The number of carbonyl (C=O) groups is 2. The van der Waals surface area contributed by atoms with E-state index >= 15 is 0 Å². The summed E-state index contributed by atoms with van der Waals surface area (Å²) in [7, 11) is 0. The van der Waals surface area contributed by atoms with Crippen LogP contribution in [0, 0.1) is 17.0 Å². The number of halogens is 2. The van der Waals surface area contributed by atoms with E-state index in [-0.39, 0.29) is 60.5 Å². The quantitative estimate of drug-likeness (QED) is 0.246. The molecule has 0 saturated carbocycles. The number of hydrogen-bond donors (Lipinski definition) is 3. The summed E-state index contributed by atoms with van der Waals surface area (Å²) in [4.78, 5) is 25.4. The van der Waals surface area contributed by atoms with Crippen LogP contribution in [-0.2, 0) is 27.4 Å². The van der Waals surface area contributed by atoms with Gasteiger partial charge in [0.2, 0.25) is 0 Å². The van der Waals surface area contributed by atoms with Crippen molar-refractivity contribution in [2.24, 2.45) is 11.1 Å². The van der Waals surface area contributed by atoms with Gasteiger partial charge in [-0.25, -0.2) is 8.78 Å². The van der Waals surface area contributed by atoms with Crippen LogP contribution in [0.5, 0.6) is 0 Å². The van der Waals surface area contributed by atoms with Gasteiger partial charge in [-0.2, -0.15) is 0 Å². The number of hydrogen-bond acceptors (Lipinski definition) is 6. The maximum atomic E-state index is 14.2. The van der Waals surface area contributed by atoms with Crippen molar-refractivity contribution in [1.82, 2.24) is 5.32 Å². The molecule has 6 nitrogen and oxygen atoms in total. The summed E-state index contributed by atoms with van der Waals surface area (Å²) in [5, 5.41) is 13.6. The molecule has 0 fully saturated rings. The monoisotopic (exact) mass is 546 g/mol. The van der Waals surface area contributed by atoms with Crippen LogP contribution in [0.1, 0.15) is 70.9 Å². The standard InChI is InChI=1S/C31H44F2N2O4/c1-21(2)35-25(17-23-16-24(32)10-11-27(23)33)18-26(36)12-14-31(3,4)15-13-29(37)30(38)28(34)20-39-19-22-8-6-5-7-9-22/h5-11,16,21,25,28,30,35,38H,12-15,17-20,34H2,1-4H3. The molecule has 0 aromatic heterocycles. The molecule has 0 aliphatic heterocycles. The van der Waals surface area contributed by atoms with Crippen LogP contribution >= 0.6 is 0 Å². The Morgan fingerprint density at radius 3 is 2.38 bits per heavy atom. The van der Waals surface area contributed by atoms with Crippen molar-refractivity contribution in [1.29, 1.82) is 0 Å². The lowest BCUT2D eigenvalue weighted by molar-refractivity contribution is -0.129. The number of Topliss-reactive ketones (excluding diaryl/α,β-unsaturated/α-hetero) is 2. The van der Waals surface area contributed by atoms with Crippen molar-refractivity contribution < 1.29 is 28.2 Å². The fourth-order valence-corrected chi connectivity index (χ4v) is 4.43. The minimum atomic E-state index is -1.32. The second-order valence-corrected chi connectivity index (χ2v) is 11.4. The van der Waals surface area contributed by atoms with Crippen molar-refractivity contribution in [3.63, 3.8) is 0 Å². The maximum absolute atomic E-state index is 14.2. The summed E-state index contributed by atoms with van der Waals surface area (Å²) in [5.41, 5.74) is 6.89. The van der Waals surface area contributed by atoms with Gasteiger partial charge in [-0.15, -0.1) is 0 Å². The minimum Gasteiger partial charge on any atom is -0.384 e. The first-order chi connectivity index (χ1) is 18.4. The molecule has 0 aliphatic carbocycles. The Balaban J connectivity index is 1.78. The van der Waals surface area contributed by atoms with Gasteiger partial charge >= 0.3 is 0 Å². The lowest BCUT2D eigenvalue weighted by Gasteiger charge is -2.26. The van der Waals surface area contributed by atoms with Crippen LogP contribution in [0.3, 0.4) is 0 Å². The molecular weight excluding hydrogens is 502 g/mol. The summed E-state index contributed by atoms with van der Waals surface area (Å²) >= 11 is 0. The summed E-state index contributed by atoms with van der Waals surface area (Å²) in [5.74, 6) is -1.33. The topological polar surface area (TPSA) is 102 Å². The first kappa shape index (κ1) is 32.7. The zero-order chi connectivity index (χ0) is 29.0. The van der Waals surface area contributed by atoms with E-state index in [1.54, 1.807) is 0 Å². The zero-order valence-electron chi connectivity index (χ0n) is 23.6. The van der Waals surface area contributed by atoms with Crippen molar-refractivity contribution >= 4 is 11.6 Å². The summed E-state index contributed by atoms with van der Waals surface area (Å²) in [6.45, 7) is 8.25. The molecule has 0 heterocycles. The van der Waals surface area contributed by atoms with E-state index < -0.39 is 23.8 Å². The molecule has 3 atom stereocenters. The number of ketones is 2. The normalized spacial score (nSPS) is 14.3. The van der Waals surface area contributed by atoms with Crippen LogP contribution < -0.4 is 11.1 Å². The average molecular weight is 547 g/mol. The number of nitrogens with two attached hydrogens (primary N) is 1. The summed E-state index contributed by atoms with van der Waals surface area (Å²) < 4.78 is 33.3. The number of rotatable bonds is 18. The number of aliphatic hydroxyl groups excluding tert-OH is 1. The third-order valence-electron chi connectivity index (χ3n) is 6.80. The number of ether oxygens (including phenoxy) is 1.